The van der Waals surface area contributed by atoms with E-state index in [0.717, 1.165) is 36.1 Å². The van der Waals surface area contributed by atoms with Gasteiger partial charge in [-0.05, 0) is 71.7 Å². The Hall–Kier alpha value is -4.18. The van der Waals surface area contributed by atoms with Gasteiger partial charge in [0.2, 0.25) is 0 Å². The molecule has 2 amide bonds. The quantitative estimate of drug-likeness (QED) is 0.330. The van der Waals surface area contributed by atoms with E-state index in [2.05, 4.69) is 72.0 Å². The van der Waals surface area contributed by atoms with Crippen LogP contribution in [0.2, 0.25) is 0 Å². The monoisotopic (exact) mass is 473 g/mol. The molecule has 4 aromatic rings. The Bertz CT molecular complexity index is 1430. The van der Waals surface area contributed by atoms with Crippen molar-refractivity contribution in [1.82, 2.24) is 5.32 Å². The lowest BCUT2D eigenvalue weighted by Gasteiger charge is -2.32. The van der Waals surface area contributed by atoms with Gasteiger partial charge >= 0.3 is 0 Å². The van der Waals surface area contributed by atoms with Crippen molar-refractivity contribution in [2.24, 2.45) is 0 Å². The van der Waals surface area contributed by atoms with Crippen LogP contribution in [0.15, 0.2) is 97.1 Å². The average molecular weight is 474 g/mol. The molecule has 0 fully saturated rings. The van der Waals surface area contributed by atoms with Crippen LogP contribution in [0.3, 0.4) is 0 Å². The number of benzene rings is 4. The lowest BCUT2D eigenvalue weighted by molar-refractivity contribution is 0.0879. The zero-order valence-electron chi connectivity index (χ0n) is 19.9. The van der Waals surface area contributed by atoms with E-state index in [1.54, 1.807) is 6.07 Å². The molecule has 4 aromatic carbocycles. The number of ether oxygens (including phenoxy) is 1. The summed E-state index contributed by atoms with van der Waals surface area (Å²) in [4.78, 5) is 24.1. The van der Waals surface area contributed by atoms with Crippen molar-refractivity contribution in [1.29, 1.82) is 0 Å². The first kappa shape index (κ1) is 22.3. The summed E-state index contributed by atoms with van der Waals surface area (Å²) in [6.45, 7) is 0. The Kier molecular flexibility index (Phi) is 5.86. The molecule has 178 valence electrons. The first-order valence-electron chi connectivity index (χ1n) is 12.5. The smallest absolute Gasteiger partial charge is 0.259 e. The number of carbonyl (C=O) groups is 2. The summed E-state index contributed by atoms with van der Waals surface area (Å²) in [6, 6.07) is 33.1. The van der Waals surface area contributed by atoms with Gasteiger partial charge in [-0.2, -0.15) is 0 Å². The van der Waals surface area contributed by atoms with E-state index in [0.29, 0.717) is 23.5 Å². The molecule has 1 aliphatic heterocycles. The summed E-state index contributed by atoms with van der Waals surface area (Å²) < 4.78 is 6.48. The van der Waals surface area contributed by atoms with Crippen LogP contribution in [-0.4, -0.2) is 11.8 Å². The van der Waals surface area contributed by atoms with E-state index >= 15 is 0 Å². The van der Waals surface area contributed by atoms with Gasteiger partial charge in [-0.25, -0.2) is 0 Å². The summed E-state index contributed by atoms with van der Waals surface area (Å²) in [5.74, 6) is 0.665. The third-order valence-electron chi connectivity index (χ3n) is 7.37. The number of aryl methyl sites for hydroxylation is 2. The van der Waals surface area contributed by atoms with Crippen LogP contribution >= 0.6 is 0 Å². The molecule has 0 saturated heterocycles. The third-order valence-corrected chi connectivity index (χ3v) is 7.37. The fraction of sp³-hybridized carbons (Fsp3) is 0.188. The van der Waals surface area contributed by atoms with Crippen molar-refractivity contribution in [3.63, 3.8) is 0 Å². The van der Waals surface area contributed by atoms with Crippen molar-refractivity contribution in [3.05, 3.63) is 136 Å². The predicted octanol–water partition coefficient (Wildman–Crippen LogP) is 6.40. The van der Waals surface area contributed by atoms with Gasteiger partial charge in [0.1, 0.15) is 11.9 Å². The highest BCUT2D eigenvalue weighted by Gasteiger charge is 2.30. The number of hydrogen-bond donors (Lipinski definition) is 1. The van der Waals surface area contributed by atoms with Gasteiger partial charge in [-0.1, -0.05) is 78.9 Å². The minimum absolute atomic E-state index is 0.0370. The van der Waals surface area contributed by atoms with E-state index in [-0.39, 0.29) is 17.9 Å². The molecule has 4 nitrogen and oxygen atoms in total. The van der Waals surface area contributed by atoms with E-state index in [1.807, 2.05) is 24.3 Å². The maximum atomic E-state index is 12.2. The number of fused-ring (bicyclic) bond motifs is 2. The Balaban J connectivity index is 1.15. The fourth-order valence-electron chi connectivity index (χ4n) is 5.58. The first-order valence-corrected chi connectivity index (χ1v) is 12.5. The van der Waals surface area contributed by atoms with Crippen LogP contribution < -0.4 is 10.1 Å². The standard InChI is InChI=1S/C32H27NO3/c34-31-28-12-6-9-23(30(28)32(35)33-31)16-13-21-14-17-24(18-15-21)36-29-20-19-25(22-7-2-1-3-8-22)26-10-4-5-11-27(26)29/h1-12,14-15,17-18,25,29H,13,16,19-20H2,(H,33,34,35)/t25-,29-/m0/s1. The minimum atomic E-state index is -0.308. The largest absolute Gasteiger partial charge is 0.486 e. The number of carbonyl (C=O) groups excluding carboxylic acids is 2. The molecular formula is C32H27NO3. The van der Waals surface area contributed by atoms with Crippen LogP contribution in [0.1, 0.15) is 73.4 Å². The highest BCUT2D eigenvalue weighted by molar-refractivity contribution is 6.22. The zero-order valence-corrected chi connectivity index (χ0v) is 19.9. The van der Waals surface area contributed by atoms with Crippen LogP contribution in [0.4, 0.5) is 0 Å². The lowest BCUT2D eigenvalue weighted by atomic mass is 9.77. The Morgan fingerprint density at radius 2 is 1.44 bits per heavy atom. The molecule has 0 unspecified atom stereocenters. The molecule has 6 rings (SSSR count). The molecular weight excluding hydrogens is 446 g/mol. The van der Waals surface area contributed by atoms with Crippen molar-refractivity contribution in [2.75, 3.05) is 0 Å². The van der Waals surface area contributed by atoms with Gasteiger partial charge in [0.15, 0.2) is 0 Å². The van der Waals surface area contributed by atoms with Crippen molar-refractivity contribution >= 4 is 11.8 Å². The maximum absolute atomic E-state index is 12.2. The Morgan fingerprint density at radius 1 is 0.694 bits per heavy atom. The molecule has 2 aliphatic rings. The van der Waals surface area contributed by atoms with E-state index < -0.39 is 0 Å². The van der Waals surface area contributed by atoms with Crippen molar-refractivity contribution in [3.8, 4) is 5.75 Å². The van der Waals surface area contributed by atoms with Crippen LogP contribution in [0.5, 0.6) is 5.75 Å². The molecule has 0 radical (unpaired) electrons. The molecule has 4 heteroatoms. The molecule has 0 saturated carbocycles. The highest BCUT2D eigenvalue weighted by Crippen LogP contribution is 2.42. The maximum Gasteiger partial charge on any atom is 0.259 e. The van der Waals surface area contributed by atoms with Gasteiger partial charge in [-0.3, -0.25) is 14.9 Å². The summed E-state index contributed by atoms with van der Waals surface area (Å²) >= 11 is 0. The number of rotatable bonds is 6. The number of hydrogen-bond acceptors (Lipinski definition) is 3. The number of nitrogens with one attached hydrogen (secondary N) is 1. The molecule has 0 spiro atoms. The highest BCUT2D eigenvalue weighted by atomic mass is 16.5. The number of amides is 2. The molecule has 2 atom stereocenters. The van der Waals surface area contributed by atoms with Gasteiger partial charge in [0, 0.05) is 5.92 Å². The van der Waals surface area contributed by atoms with Gasteiger partial charge < -0.3 is 4.74 Å². The SMILES string of the molecule is O=C1NC(=O)c2c(CCc3ccc(O[C@H]4CC[C@@H](c5ccccc5)c5ccccc54)cc3)cccc21. The molecule has 1 aliphatic carbocycles. The third kappa shape index (κ3) is 4.20. The van der Waals surface area contributed by atoms with Crippen LogP contribution in [0.25, 0.3) is 0 Å². The summed E-state index contributed by atoms with van der Waals surface area (Å²) in [7, 11) is 0. The minimum Gasteiger partial charge on any atom is -0.486 e. The molecule has 1 N–H and O–H groups in total. The van der Waals surface area contributed by atoms with Crippen molar-refractivity contribution in [2.45, 2.75) is 37.7 Å². The van der Waals surface area contributed by atoms with E-state index in [4.69, 9.17) is 4.74 Å². The second-order valence-corrected chi connectivity index (χ2v) is 9.54. The van der Waals surface area contributed by atoms with Gasteiger partial charge in [-0.15, -0.1) is 0 Å². The summed E-state index contributed by atoms with van der Waals surface area (Å²) in [5.41, 5.74) is 7.05. The molecule has 36 heavy (non-hydrogen) atoms. The van der Waals surface area contributed by atoms with Crippen LogP contribution in [-0.2, 0) is 12.8 Å². The summed E-state index contributed by atoms with van der Waals surface area (Å²) in [5, 5.41) is 2.39. The lowest BCUT2D eigenvalue weighted by Crippen LogP contribution is -2.20. The van der Waals surface area contributed by atoms with Gasteiger partial charge in [0.25, 0.3) is 11.8 Å². The average Bonchev–Trinajstić information content (AvgIpc) is 3.22. The molecule has 0 aromatic heterocycles. The second kappa shape index (κ2) is 9.46. The van der Waals surface area contributed by atoms with E-state index in [1.165, 1.54) is 16.7 Å². The Labute approximate surface area is 210 Å². The van der Waals surface area contributed by atoms with Crippen LogP contribution in [0, 0.1) is 0 Å². The van der Waals surface area contributed by atoms with Gasteiger partial charge in [0.05, 0.1) is 11.1 Å². The van der Waals surface area contributed by atoms with Crippen molar-refractivity contribution < 1.29 is 14.3 Å². The Morgan fingerprint density at radius 3 is 2.25 bits per heavy atom. The normalized spacial score (nSPS) is 18.3. The topological polar surface area (TPSA) is 55.4 Å². The molecule has 1 heterocycles. The predicted molar refractivity (Wildman–Crippen MR) is 139 cm³/mol. The summed E-state index contributed by atoms with van der Waals surface area (Å²) in [6.07, 6.45) is 3.54. The molecule has 0 bridgehead atoms. The first-order chi connectivity index (χ1) is 17.7. The zero-order chi connectivity index (χ0) is 24.5. The number of imide groups is 1. The fourth-order valence-corrected chi connectivity index (χ4v) is 5.58. The second-order valence-electron chi connectivity index (χ2n) is 9.54. The van der Waals surface area contributed by atoms with E-state index in [9.17, 15) is 9.59 Å².